The highest BCUT2D eigenvalue weighted by atomic mass is 35.5. The summed E-state index contributed by atoms with van der Waals surface area (Å²) < 4.78 is 38.9. The first-order chi connectivity index (χ1) is 14.8. The van der Waals surface area contributed by atoms with Crippen LogP contribution in [0.15, 0.2) is 36.8 Å². The summed E-state index contributed by atoms with van der Waals surface area (Å²) in [5.74, 6) is -0.519. The van der Waals surface area contributed by atoms with Crippen LogP contribution in [-0.4, -0.2) is 57.5 Å². The van der Waals surface area contributed by atoms with E-state index in [2.05, 4.69) is 16.0 Å². The first-order valence-corrected chi connectivity index (χ1v) is 10.4. The summed E-state index contributed by atoms with van der Waals surface area (Å²) in [5, 5.41) is 9.02. The molecule has 2 atom stereocenters. The van der Waals surface area contributed by atoms with Crippen LogP contribution in [0.25, 0.3) is 0 Å². The van der Waals surface area contributed by atoms with Gasteiger partial charge in [0.05, 0.1) is 36.2 Å². The van der Waals surface area contributed by atoms with Gasteiger partial charge in [0.1, 0.15) is 6.54 Å². The second-order valence-electron chi connectivity index (χ2n) is 7.89. The molecule has 3 rings (SSSR count). The zero-order chi connectivity index (χ0) is 22.4. The molecule has 0 bridgehead atoms. The van der Waals surface area contributed by atoms with Crippen molar-refractivity contribution in [2.45, 2.75) is 50.9 Å². The maximum absolute atomic E-state index is 13.0. The molecule has 0 saturated carbocycles. The van der Waals surface area contributed by atoms with Crippen LogP contribution in [0.2, 0.25) is 0 Å². The third-order valence-electron chi connectivity index (χ3n) is 5.62. The fourth-order valence-corrected chi connectivity index (χ4v) is 4.07. The minimum Gasteiger partial charge on any atom is -0.347 e. The highest BCUT2D eigenvalue weighted by Gasteiger charge is 2.41. The minimum atomic E-state index is -4.42. The van der Waals surface area contributed by atoms with Gasteiger partial charge in [0.2, 0.25) is 5.91 Å². The van der Waals surface area contributed by atoms with Crippen molar-refractivity contribution < 1.29 is 18.0 Å². The second kappa shape index (κ2) is 12.8. The standard InChI is InChI=1S/C22H26F3N5O.2ClH/c1-2-3-4-18-12-29(14-22(23,24)25)21(31)13-30(18)20(19-11-27-15-28-19)9-16-5-7-17(10-26)8-6-16;;/h5-8,11,15,18,20H,2-4,9,12-14H2,1H3,(H,27,28);2*1H/t18-,20?;;/m0../s1. The molecule has 1 aromatic carbocycles. The van der Waals surface area contributed by atoms with Crippen molar-refractivity contribution in [2.75, 3.05) is 19.6 Å². The summed E-state index contributed by atoms with van der Waals surface area (Å²) >= 11 is 0. The number of carbonyl (C=O) groups excluding carboxylic acids is 1. The number of benzene rings is 1. The maximum atomic E-state index is 13.0. The molecule has 6 nitrogen and oxygen atoms in total. The SMILES string of the molecule is CCCC[C@H]1CN(CC(F)(F)F)C(=O)CN1C(Cc1ccc(C#N)cc1)c1cnc[nH]1.Cl.Cl. The number of amides is 1. The number of hydrogen-bond acceptors (Lipinski definition) is 4. The van der Waals surface area contributed by atoms with Crippen LogP contribution in [0.3, 0.4) is 0 Å². The lowest BCUT2D eigenvalue weighted by atomic mass is 9.96. The Kier molecular flexibility index (Phi) is 11.2. The van der Waals surface area contributed by atoms with Crippen LogP contribution in [0.4, 0.5) is 13.2 Å². The molecule has 2 aromatic rings. The number of aromatic nitrogens is 2. The first kappa shape index (κ1) is 28.8. The second-order valence-corrected chi connectivity index (χ2v) is 7.89. The van der Waals surface area contributed by atoms with Gasteiger partial charge in [-0.25, -0.2) is 4.98 Å². The predicted molar refractivity (Wildman–Crippen MR) is 123 cm³/mol. The van der Waals surface area contributed by atoms with Crippen molar-refractivity contribution in [2.24, 2.45) is 0 Å². The third-order valence-corrected chi connectivity index (χ3v) is 5.62. The molecule has 182 valence electrons. The number of imidazole rings is 1. The van der Waals surface area contributed by atoms with Crippen molar-refractivity contribution in [3.63, 3.8) is 0 Å². The molecule has 1 aliphatic heterocycles. The molecular weight excluding hydrogens is 478 g/mol. The van der Waals surface area contributed by atoms with Gasteiger partial charge in [0, 0.05) is 18.8 Å². The van der Waals surface area contributed by atoms with Crippen molar-refractivity contribution >= 4 is 30.7 Å². The summed E-state index contributed by atoms with van der Waals surface area (Å²) in [4.78, 5) is 22.8. The Bertz CT molecular complexity index is 900. The van der Waals surface area contributed by atoms with E-state index in [1.807, 2.05) is 24.0 Å². The van der Waals surface area contributed by atoms with Crippen molar-refractivity contribution in [3.05, 3.63) is 53.6 Å². The van der Waals surface area contributed by atoms with E-state index >= 15 is 0 Å². The lowest BCUT2D eigenvalue weighted by Crippen LogP contribution is -2.58. The third kappa shape index (κ3) is 7.91. The average molecular weight is 506 g/mol. The molecule has 11 heteroatoms. The summed E-state index contributed by atoms with van der Waals surface area (Å²) in [6, 6.07) is 8.86. The Balaban J connectivity index is 0.00000272. The number of unbranched alkanes of at least 4 members (excludes halogenated alkanes) is 1. The molecule has 1 saturated heterocycles. The summed E-state index contributed by atoms with van der Waals surface area (Å²) in [5.41, 5.74) is 2.33. The Morgan fingerprint density at radius 3 is 2.52 bits per heavy atom. The van der Waals surface area contributed by atoms with E-state index in [1.165, 1.54) is 0 Å². The summed E-state index contributed by atoms with van der Waals surface area (Å²) in [7, 11) is 0. The number of halogens is 5. The van der Waals surface area contributed by atoms with E-state index in [4.69, 9.17) is 5.26 Å². The molecule has 2 heterocycles. The quantitative estimate of drug-likeness (QED) is 0.565. The zero-order valence-corrected chi connectivity index (χ0v) is 19.8. The number of nitrogens with one attached hydrogen (secondary N) is 1. The number of nitriles is 1. The number of piperazine rings is 1. The minimum absolute atomic E-state index is 0. The Labute approximate surface area is 204 Å². The van der Waals surface area contributed by atoms with Crippen molar-refractivity contribution in [1.82, 2.24) is 19.8 Å². The number of alkyl halides is 3. The van der Waals surface area contributed by atoms with Gasteiger partial charge in [-0.1, -0.05) is 31.9 Å². The maximum Gasteiger partial charge on any atom is 0.406 e. The van der Waals surface area contributed by atoms with Gasteiger partial charge in [-0.15, -0.1) is 24.8 Å². The summed E-state index contributed by atoms with van der Waals surface area (Å²) in [6.45, 7) is 0.794. The van der Waals surface area contributed by atoms with Gasteiger partial charge in [-0.3, -0.25) is 9.69 Å². The van der Waals surface area contributed by atoms with Crippen LogP contribution >= 0.6 is 24.8 Å². The molecule has 0 aliphatic carbocycles. The van der Waals surface area contributed by atoms with Gasteiger partial charge in [0.15, 0.2) is 0 Å². The largest absolute Gasteiger partial charge is 0.406 e. The van der Waals surface area contributed by atoms with Gasteiger partial charge in [-0.2, -0.15) is 18.4 Å². The number of carbonyl (C=O) groups is 1. The van der Waals surface area contributed by atoms with E-state index in [9.17, 15) is 18.0 Å². The highest BCUT2D eigenvalue weighted by Crippen LogP contribution is 2.31. The van der Waals surface area contributed by atoms with Gasteiger partial charge in [0.25, 0.3) is 0 Å². The predicted octanol–water partition coefficient (Wildman–Crippen LogP) is 4.67. The molecular formula is C22H28Cl2F3N5O. The highest BCUT2D eigenvalue weighted by molar-refractivity contribution is 5.85. The molecule has 0 spiro atoms. The number of nitrogens with zero attached hydrogens (tertiary/aromatic N) is 4. The molecule has 1 N–H and O–H groups in total. The fraction of sp³-hybridized carbons (Fsp3) is 0.500. The smallest absolute Gasteiger partial charge is 0.347 e. The van der Waals surface area contributed by atoms with Gasteiger partial charge < -0.3 is 9.88 Å². The molecule has 0 radical (unpaired) electrons. The van der Waals surface area contributed by atoms with Crippen LogP contribution in [0.1, 0.15) is 49.0 Å². The van der Waals surface area contributed by atoms with Crippen molar-refractivity contribution in [1.29, 1.82) is 5.26 Å². The van der Waals surface area contributed by atoms with Crippen LogP contribution in [0.5, 0.6) is 0 Å². The topological polar surface area (TPSA) is 76.0 Å². The normalized spacial score (nSPS) is 17.6. The van der Waals surface area contributed by atoms with E-state index < -0.39 is 18.6 Å². The van der Waals surface area contributed by atoms with Crippen LogP contribution in [0, 0.1) is 11.3 Å². The molecule has 1 aliphatic rings. The Hall–Kier alpha value is -2.28. The molecule has 33 heavy (non-hydrogen) atoms. The lowest BCUT2D eigenvalue weighted by molar-refractivity contribution is -0.169. The molecule has 1 aromatic heterocycles. The van der Waals surface area contributed by atoms with Gasteiger partial charge in [-0.05, 0) is 30.5 Å². The first-order valence-electron chi connectivity index (χ1n) is 10.4. The Morgan fingerprint density at radius 1 is 1.27 bits per heavy atom. The number of H-pyrrole nitrogens is 1. The van der Waals surface area contributed by atoms with E-state index in [0.717, 1.165) is 29.0 Å². The zero-order valence-electron chi connectivity index (χ0n) is 18.2. The fourth-order valence-electron chi connectivity index (χ4n) is 4.07. The van der Waals surface area contributed by atoms with Crippen molar-refractivity contribution in [3.8, 4) is 6.07 Å². The molecule has 1 fully saturated rings. The number of rotatable bonds is 8. The van der Waals surface area contributed by atoms with E-state index in [-0.39, 0.29) is 50.0 Å². The lowest BCUT2D eigenvalue weighted by Gasteiger charge is -2.45. The average Bonchev–Trinajstić information content (AvgIpc) is 3.26. The monoisotopic (exact) mass is 505 g/mol. The van der Waals surface area contributed by atoms with E-state index in [0.29, 0.717) is 18.4 Å². The number of hydrogen-bond donors (Lipinski definition) is 1. The van der Waals surface area contributed by atoms with Gasteiger partial charge >= 0.3 is 6.18 Å². The molecule has 1 amide bonds. The van der Waals surface area contributed by atoms with Crippen LogP contribution in [-0.2, 0) is 11.2 Å². The Morgan fingerprint density at radius 2 is 1.97 bits per heavy atom. The number of aromatic amines is 1. The van der Waals surface area contributed by atoms with Crippen LogP contribution < -0.4 is 0 Å². The molecule has 1 unspecified atom stereocenters. The summed E-state index contributed by atoms with van der Waals surface area (Å²) in [6.07, 6.45) is 1.86. The van der Waals surface area contributed by atoms with E-state index in [1.54, 1.807) is 24.7 Å².